The van der Waals surface area contributed by atoms with Crippen molar-refractivity contribution in [2.24, 2.45) is 0 Å². The topological polar surface area (TPSA) is 84.5 Å². The molecule has 7 heteroatoms. The van der Waals surface area contributed by atoms with Gasteiger partial charge in [-0.1, -0.05) is 6.92 Å². The Hall–Kier alpha value is -0.660. The molecule has 6 nitrogen and oxygen atoms in total. The van der Waals surface area contributed by atoms with Crippen LogP contribution in [0.3, 0.4) is 0 Å². The summed E-state index contributed by atoms with van der Waals surface area (Å²) in [6.07, 6.45) is 0. The maximum absolute atomic E-state index is 11.4. The molecule has 0 heterocycles. The van der Waals surface area contributed by atoms with Crippen LogP contribution < -0.4 is 10.0 Å². The van der Waals surface area contributed by atoms with Crippen LogP contribution in [0.2, 0.25) is 0 Å². The van der Waals surface area contributed by atoms with Crippen LogP contribution in [0, 0.1) is 0 Å². The van der Waals surface area contributed by atoms with Gasteiger partial charge in [0.2, 0.25) is 10.0 Å². The minimum absolute atomic E-state index is 0.0519. The predicted molar refractivity (Wildman–Crippen MR) is 66.2 cm³/mol. The Morgan fingerprint density at radius 2 is 1.88 bits per heavy atom. The third kappa shape index (κ3) is 10.2. The van der Waals surface area contributed by atoms with Crippen molar-refractivity contribution in [3.8, 4) is 0 Å². The van der Waals surface area contributed by atoms with Gasteiger partial charge < -0.3 is 10.1 Å². The Kier molecular flexibility index (Phi) is 6.66. The molecule has 102 valence electrons. The van der Waals surface area contributed by atoms with Crippen LogP contribution in [-0.4, -0.2) is 45.4 Å². The summed E-state index contributed by atoms with van der Waals surface area (Å²) in [4.78, 5) is 11.3. The average Bonchev–Trinajstić information content (AvgIpc) is 2.13. The molecule has 0 amide bonds. The van der Waals surface area contributed by atoms with Gasteiger partial charge in [0, 0.05) is 6.54 Å². The van der Waals surface area contributed by atoms with Crippen LogP contribution in [0.4, 0.5) is 0 Å². The van der Waals surface area contributed by atoms with E-state index in [1.54, 1.807) is 20.8 Å². The summed E-state index contributed by atoms with van der Waals surface area (Å²) in [5, 5.41) is 2.89. The Morgan fingerprint density at radius 3 is 2.35 bits per heavy atom. The van der Waals surface area contributed by atoms with Crippen molar-refractivity contribution >= 4 is 16.0 Å². The highest BCUT2D eigenvalue weighted by Crippen LogP contribution is 2.06. The predicted octanol–water partition coefficient (Wildman–Crippen LogP) is -0.143. The maximum Gasteiger partial charge on any atom is 0.321 e. The zero-order valence-electron chi connectivity index (χ0n) is 10.9. The van der Waals surface area contributed by atoms with Crippen molar-refractivity contribution in [3.63, 3.8) is 0 Å². The molecule has 0 aliphatic rings. The van der Waals surface area contributed by atoms with Crippen LogP contribution in [0.15, 0.2) is 0 Å². The first-order valence-corrected chi connectivity index (χ1v) is 7.21. The molecule has 0 aliphatic heterocycles. The van der Waals surface area contributed by atoms with Gasteiger partial charge >= 0.3 is 5.97 Å². The van der Waals surface area contributed by atoms with E-state index < -0.39 is 21.6 Å². The molecule has 0 unspecified atom stereocenters. The molecule has 0 rings (SSSR count). The lowest BCUT2D eigenvalue weighted by Crippen LogP contribution is -2.37. The lowest BCUT2D eigenvalue weighted by molar-refractivity contribution is -0.153. The largest absolute Gasteiger partial charge is 0.459 e. The molecule has 2 N–H and O–H groups in total. The normalized spacial score (nSPS) is 12.5. The lowest BCUT2D eigenvalue weighted by Gasteiger charge is -2.19. The SMILES string of the molecule is CCNCCS(=O)(=O)NCC(=O)OC(C)(C)C. The second-order valence-corrected chi connectivity index (χ2v) is 6.51. The number of ether oxygens (including phenoxy) is 1. The molecule has 0 aromatic rings. The van der Waals surface area contributed by atoms with E-state index >= 15 is 0 Å². The summed E-state index contributed by atoms with van der Waals surface area (Å²) in [6.45, 7) is 7.81. The van der Waals surface area contributed by atoms with Crippen molar-refractivity contribution in [3.05, 3.63) is 0 Å². The van der Waals surface area contributed by atoms with Crippen LogP contribution in [0.1, 0.15) is 27.7 Å². The molecule has 0 saturated carbocycles. The number of rotatable bonds is 7. The molecule has 0 aromatic carbocycles. The van der Waals surface area contributed by atoms with Gasteiger partial charge in [-0.15, -0.1) is 0 Å². The lowest BCUT2D eigenvalue weighted by atomic mass is 10.2. The molecule has 0 aromatic heterocycles. The summed E-state index contributed by atoms with van der Waals surface area (Å²) < 4.78 is 30.0. The van der Waals surface area contributed by atoms with Crippen LogP contribution in [0.25, 0.3) is 0 Å². The van der Waals surface area contributed by atoms with E-state index in [4.69, 9.17) is 4.74 Å². The van der Waals surface area contributed by atoms with Gasteiger partial charge in [-0.3, -0.25) is 4.79 Å². The summed E-state index contributed by atoms with van der Waals surface area (Å²) in [6, 6.07) is 0. The zero-order valence-corrected chi connectivity index (χ0v) is 11.7. The van der Waals surface area contributed by atoms with E-state index in [-0.39, 0.29) is 12.3 Å². The highest BCUT2D eigenvalue weighted by molar-refractivity contribution is 7.89. The monoisotopic (exact) mass is 266 g/mol. The highest BCUT2D eigenvalue weighted by atomic mass is 32.2. The van der Waals surface area contributed by atoms with Gasteiger partial charge in [-0.2, -0.15) is 0 Å². The fraction of sp³-hybridized carbons (Fsp3) is 0.900. The van der Waals surface area contributed by atoms with E-state index in [2.05, 4.69) is 10.0 Å². The second-order valence-electron chi connectivity index (χ2n) is 4.58. The van der Waals surface area contributed by atoms with E-state index in [0.29, 0.717) is 13.1 Å². The number of sulfonamides is 1. The summed E-state index contributed by atoms with van der Waals surface area (Å²) in [5.41, 5.74) is -0.605. The minimum Gasteiger partial charge on any atom is -0.459 e. The van der Waals surface area contributed by atoms with Gasteiger partial charge in [0.25, 0.3) is 0 Å². The first-order valence-electron chi connectivity index (χ1n) is 5.56. The Morgan fingerprint density at radius 1 is 1.29 bits per heavy atom. The van der Waals surface area contributed by atoms with Crippen molar-refractivity contribution in [1.29, 1.82) is 0 Å². The third-order valence-electron chi connectivity index (χ3n) is 1.65. The van der Waals surface area contributed by atoms with E-state index in [1.807, 2.05) is 6.92 Å². The second kappa shape index (κ2) is 6.93. The molecular weight excluding hydrogens is 244 g/mol. The number of carbonyl (C=O) groups is 1. The smallest absolute Gasteiger partial charge is 0.321 e. The number of nitrogens with one attached hydrogen (secondary N) is 2. The molecule has 0 spiro atoms. The summed E-state index contributed by atoms with van der Waals surface area (Å²) in [5.74, 6) is -0.631. The number of hydrogen-bond donors (Lipinski definition) is 2. The Bertz CT molecular complexity index is 333. The van der Waals surface area contributed by atoms with Crippen molar-refractivity contribution in [1.82, 2.24) is 10.0 Å². The van der Waals surface area contributed by atoms with Gasteiger partial charge in [0.15, 0.2) is 0 Å². The first kappa shape index (κ1) is 16.3. The number of esters is 1. The molecule has 0 atom stereocenters. The zero-order chi connectivity index (χ0) is 13.5. The maximum atomic E-state index is 11.4. The molecular formula is C10H22N2O4S. The first-order chi connectivity index (χ1) is 7.66. The fourth-order valence-corrected chi connectivity index (χ4v) is 1.90. The van der Waals surface area contributed by atoms with Crippen LogP contribution in [0.5, 0.6) is 0 Å². The molecule has 17 heavy (non-hydrogen) atoms. The van der Waals surface area contributed by atoms with Crippen LogP contribution in [-0.2, 0) is 19.6 Å². The molecule has 0 bridgehead atoms. The van der Waals surface area contributed by atoms with Gasteiger partial charge in [-0.05, 0) is 27.3 Å². The van der Waals surface area contributed by atoms with Crippen LogP contribution >= 0.6 is 0 Å². The average molecular weight is 266 g/mol. The minimum atomic E-state index is -3.42. The van der Waals surface area contributed by atoms with Crippen molar-refractivity contribution < 1.29 is 17.9 Å². The quantitative estimate of drug-likeness (QED) is 0.495. The fourth-order valence-electron chi connectivity index (χ4n) is 1.00. The van der Waals surface area contributed by atoms with Crippen molar-refractivity contribution in [2.75, 3.05) is 25.4 Å². The van der Waals surface area contributed by atoms with E-state index in [0.717, 1.165) is 0 Å². The number of hydrogen-bond acceptors (Lipinski definition) is 5. The Balaban J connectivity index is 3.97. The number of carbonyl (C=O) groups excluding carboxylic acids is 1. The van der Waals surface area contributed by atoms with E-state index in [1.165, 1.54) is 0 Å². The molecule has 0 saturated heterocycles. The Labute approximate surface area is 103 Å². The summed E-state index contributed by atoms with van der Waals surface area (Å²) >= 11 is 0. The van der Waals surface area contributed by atoms with E-state index in [9.17, 15) is 13.2 Å². The molecule has 0 aliphatic carbocycles. The molecule has 0 radical (unpaired) electrons. The van der Waals surface area contributed by atoms with Crippen molar-refractivity contribution in [2.45, 2.75) is 33.3 Å². The molecule has 0 fully saturated rings. The standard InChI is InChI=1S/C10H22N2O4S/c1-5-11-6-7-17(14,15)12-8-9(13)16-10(2,3)4/h11-12H,5-8H2,1-4H3. The van der Waals surface area contributed by atoms with Gasteiger partial charge in [-0.25, -0.2) is 13.1 Å². The summed E-state index contributed by atoms with van der Waals surface area (Å²) in [7, 11) is -3.42. The third-order valence-corrected chi connectivity index (χ3v) is 2.98. The van der Waals surface area contributed by atoms with Gasteiger partial charge in [0.05, 0.1) is 5.75 Å². The van der Waals surface area contributed by atoms with Gasteiger partial charge in [0.1, 0.15) is 12.1 Å². The highest BCUT2D eigenvalue weighted by Gasteiger charge is 2.18.